The van der Waals surface area contributed by atoms with Gasteiger partial charge in [0.25, 0.3) is 0 Å². The average Bonchev–Trinajstić information content (AvgIpc) is 1.60. The standard InChI is InChI=1S/C3H6FI2O3P/c1-2-3(5,6)9-10(4,7)8/h2H2,1H3,(H,7,8). The van der Waals surface area contributed by atoms with E-state index in [1.54, 1.807) is 52.1 Å². The van der Waals surface area contributed by atoms with E-state index in [0.29, 0.717) is 6.42 Å². The predicted molar refractivity (Wildman–Crippen MR) is 53.1 cm³/mol. The topological polar surface area (TPSA) is 46.5 Å². The van der Waals surface area contributed by atoms with Crippen molar-refractivity contribution in [2.75, 3.05) is 0 Å². The average molecular weight is 394 g/mol. The molecule has 0 aromatic carbocycles. The van der Waals surface area contributed by atoms with Crippen LogP contribution in [-0.4, -0.2) is 6.51 Å². The highest BCUT2D eigenvalue weighted by Gasteiger charge is 2.32. The summed E-state index contributed by atoms with van der Waals surface area (Å²) in [6, 6.07) is 0. The maximum Gasteiger partial charge on any atom is 0.512 e. The molecule has 0 amide bonds. The minimum atomic E-state index is -4.82. The molecule has 0 saturated carbocycles. The van der Waals surface area contributed by atoms with Crippen LogP contribution in [0, 0.1) is 0 Å². The molecule has 0 saturated heterocycles. The molecule has 0 spiro atoms. The van der Waals surface area contributed by atoms with Gasteiger partial charge in [-0.05, 0) is 51.6 Å². The lowest BCUT2D eigenvalue weighted by atomic mass is 10.5. The molecule has 0 aliphatic rings. The van der Waals surface area contributed by atoms with Crippen molar-refractivity contribution in [2.45, 2.75) is 15.0 Å². The summed E-state index contributed by atoms with van der Waals surface area (Å²) in [4.78, 5) is 8.14. The Morgan fingerprint density at radius 3 is 2.30 bits per heavy atom. The van der Waals surface area contributed by atoms with Crippen LogP contribution in [0.4, 0.5) is 4.20 Å². The molecule has 10 heavy (non-hydrogen) atoms. The van der Waals surface area contributed by atoms with Gasteiger partial charge in [0.2, 0.25) is 0 Å². The lowest BCUT2D eigenvalue weighted by Gasteiger charge is -2.17. The summed E-state index contributed by atoms with van der Waals surface area (Å²) in [6.07, 6.45) is 0.461. The van der Waals surface area contributed by atoms with Gasteiger partial charge in [-0.2, -0.15) is 0 Å². The fourth-order valence-corrected chi connectivity index (χ4v) is 2.15. The Bertz CT molecular complexity index is 156. The zero-order valence-electron chi connectivity index (χ0n) is 5.05. The Labute approximate surface area is 85.7 Å². The van der Waals surface area contributed by atoms with Crippen LogP contribution < -0.4 is 0 Å². The van der Waals surface area contributed by atoms with Gasteiger partial charge in [-0.1, -0.05) is 6.92 Å². The van der Waals surface area contributed by atoms with E-state index in [9.17, 15) is 8.76 Å². The van der Waals surface area contributed by atoms with Crippen LogP contribution in [0.15, 0.2) is 0 Å². The summed E-state index contributed by atoms with van der Waals surface area (Å²) in [5.74, 6) is 0. The van der Waals surface area contributed by atoms with Gasteiger partial charge < -0.3 is 0 Å². The van der Waals surface area contributed by atoms with Gasteiger partial charge in [-0.3, -0.25) is 9.42 Å². The maximum atomic E-state index is 12.0. The maximum absolute atomic E-state index is 12.0. The summed E-state index contributed by atoms with van der Waals surface area (Å²) in [6.45, 7) is 1.73. The first-order chi connectivity index (χ1) is 4.27. The summed E-state index contributed by atoms with van der Waals surface area (Å²) < 4.78 is 25.3. The van der Waals surface area contributed by atoms with Gasteiger partial charge in [0.05, 0.1) is 0 Å². The van der Waals surface area contributed by atoms with E-state index >= 15 is 0 Å². The molecular formula is C3H6FI2O3P. The fourth-order valence-electron chi connectivity index (χ4n) is 0.229. The molecule has 0 aromatic heterocycles. The molecule has 3 nitrogen and oxygen atoms in total. The van der Waals surface area contributed by atoms with Crippen LogP contribution in [0.25, 0.3) is 0 Å². The number of halogens is 3. The lowest BCUT2D eigenvalue weighted by molar-refractivity contribution is 0.207. The van der Waals surface area contributed by atoms with Crippen LogP contribution in [0.1, 0.15) is 13.3 Å². The van der Waals surface area contributed by atoms with E-state index in [1.807, 2.05) is 0 Å². The number of rotatable bonds is 3. The van der Waals surface area contributed by atoms with Crippen molar-refractivity contribution in [2.24, 2.45) is 0 Å². The molecule has 0 fully saturated rings. The van der Waals surface area contributed by atoms with Gasteiger partial charge in [0.15, 0.2) is 1.61 Å². The lowest BCUT2D eigenvalue weighted by Crippen LogP contribution is -2.10. The second-order valence-electron chi connectivity index (χ2n) is 1.53. The van der Waals surface area contributed by atoms with E-state index in [2.05, 4.69) is 4.52 Å². The van der Waals surface area contributed by atoms with Gasteiger partial charge in [-0.25, -0.2) is 4.57 Å². The van der Waals surface area contributed by atoms with Crippen LogP contribution in [0.2, 0.25) is 0 Å². The van der Waals surface area contributed by atoms with Crippen LogP contribution in [0.5, 0.6) is 0 Å². The van der Waals surface area contributed by atoms with Crippen molar-refractivity contribution >= 4 is 53.1 Å². The van der Waals surface area contributed by atoms with E-state index in [1.165, 1.54) is 0 Å². The van der Waals surface area contributed by atoms with Gasteiger partial charge in [0, 0.05) is 0 Å². The molecule has 0 bridgehead atoms. The van der Waals surface area contributed by atoms with Crippen LogP contribution >= 0.6 is 53.1 Å². The first-order valence-electron chi connectivity index (χ1n) is 2.38. The van der Waals surface area contributed by atoms with Gasteiger partial charge in [-0.15, -0.1) is 4.20 Å². The number of hydrogen-bond donors (Lipinski definition) is 1. The third-order valence-corrected chi connectivity index (χ3v) is 3.86. The van der Waals surface area contributed by atoms with Gasteiger partial charge >= 0.3 is 7.91 Å². The van der Waals surface area contributed by atoms with E-state index in [-0.39, 0.29) is 0 Å². The number of hydrogen-bond acceptors (Lipinski definition) is 2. The summed E-state index contributed by atoms with van der Waals surface area (Å²) in [5, 5.41) is 0. The normalized spacial score (nSPS) is 18.5. The third kappa shape index (κ3) is 6.26. The first kappa shape index (κ1) is 11.5. The van der Waals surface area contributed by atoms with Crippen LogP contribution in [-0.2, 0) is 9.09 Å². The minimum absolute atomic E-state index is 0.461. The zero-order chi connectivity index (χ0) is 8.41. The Morgan fingerprint density at radius 2 is 2.20 bits per heavy atom. The minimum Gasteiger partial charge on any atom is -0.299 e. The summed E-state index contributed by atoms with van der Waals surface area (Å²) in [7, 11) is -4.82. The molecular weight excluding hydrogens is 388 g/mol. The van der Waals surface area contributed by atoms with E-state index in [0.717, 1.165) is 0 Å². The fraction of sp³-hybridized carbons (Fsp3) is 1.00. The van der Waals surface area contributed by atoms with E-state index in [4.69, 9.17) is 4.89 Å². The first-order valence-corrected chi connectivity index (χ1v) is 6.00. The molecule has 1 unspecified atom stereocenters. The Hall–Kier alpha value is 1.54. The van der Waals surface area contributed by atoms with Crippen LogP contribution in [0.3, 0.4) is 0 Å². The molecule has 0 aliphatic heterocycles. The Balaban J connectivity index is 4.02. The van der Waals surface area contributed by atoms with Crippen molar-refractivity contribution in [3.8, 4) is 0 Å². The van der Waals surface area contributed by atoms with Crippen molar-refractivity contribution in [3.05, 3.63) is 0 Å². The summed E-state index contributed by atoms with van der Waals surface area (Å²) >= 11 is 3.51. The Kier molecular flexibility index (Phi) is 4.58. The molecule has 1 N–H and O–H groups in total. The molecule has 7 heteroatoms. The van der Waals surface area contributed by atoms with Crippen molar-refractivity contribution in [1.82, 2.24) is 0 Å². The van der Waals surface area contributed by atoms with Crippen molar-refractivity contribution < 1.29 is 18.2 Å². The predicted octanol–water partition coefficient (Wildman–Crippen LogP) is 3.01. The molecule has 0 radical (unpaired) electrons. The van der Waals surface area contributed by atoms with E-state index < -0.39 is 9.52 Å². The van der Waals surface area contributed by atoms with Crippen molar-refractivity contribution in [3.63, 3.8) is 0 Å². The highest BCUT2D eigenvalue weighted by atomic mass is 127. The largest absolute Gasteiger partial charge is 0.512 e. The molecule has 0 heterocycles. The highest BCUT2D eigenvalue weighted by molar-refractivity contribution is 14.2. The zero-order valence-corrected chi connectivity index (χ0v) is 10.3. The molecule has 0 aromatic rings. The van der Waals surface area contributed by atoms with Gasteiger partial charge in [0.1, 0.15) is 0 Å². The quantitative estimate of drug-likeness (QED) is 0.455. The summed E-state index contributed by atoms with van der Waals surface area (Å²) in [5.41, 5.74) is 0. The SMILES string of the molecule is CCC(I)(I)OP(=O)(O)F. The third-order valence-electron chi connectivity index (χ3n) is 0.658. The molecule has 62 valence electrons. The second kappa shape index (κ2) is 3.97. The van der Waals surface area contributed by atoms with Crippen molar-refractivity contribution in [1.29, 1.82) is 0 Å². The smallest absolute Gasteiger partial charge is 0.299 e. The molecule has 0 rings (SSSR count). The highest BCUT2D eigenvalue weighted by Crippen LogP contribution is 2.52. The Morgan fingerprint density at radius 1 is 1.80 bits per heavy atom. The molecule has 1 atom stereocenters. The molecule has 0 aliphatic carbocycles. The monoisotopic (exact) mass is 394 g/mol. The second-order valence-corrected chi connectivity index (χ2v) is 8.17. The number of alkyl halides is 2.